The predicted molar refractivity (Wildman–Crippen MR) is 114 cm³/mol. The minimum Gasteiger partial charge on any atom is -0.356 e. The molecule has 1 aromatic heterocycles. The zero-order valence-electron chi connectivity index (χ0n) is 16.7. The number of anilines is 1. The molecule has 2 unspecified atom stereocenters. The largest absolute Gasteiger partial charge is 0.417 e. The summed E-state index contributed by atoms with van der Waals surface area (Å²) in [5.74, 6) is 1.18. The SMILES string of the molecule is Cl.Cl.O=C(CC1CC2CCC(C1)N2)NC1CCN(c2ccc(C(F)(F)F)cn2)CC1. The van der Waals surface area contributed by atoms with Gasteiger partial charge in [0, 0.05) is 43.8 Å². The first-order chi connectivity index (χ1) is 13.4. The number of aromatic nitrogens is 1. The second kappa shape index (κ2) is 10.4. The number of halogens is 5. The molecule has 4 heterocycles. The summed E-state index contributed by atoms with van der Waals surface area (Å²) in [5, 5.41) is 6.76. The van der Waals surface area contributed by atoms with Gasteiger partial charge in [-0.2, -0.15) is 13.2 Å². The number of pyridine rings is 1. The Morgan fingerprint density at radius 1 is 1.10 bits per heavy atom. The summed E-state index contributed by atoms with van der Waals surface area (Å²) in [6.07, 6.45) is 3.36. The number of rotatable bonds is 4. The fourth-order valence-corrected chi connectivity index (χ4v) is 4.88. The lowest BCUT2D eigenvalue weighted by Crippen LogP contribution is -2.46. The van der Waals surface area contributed by atoms with Crippen LogP contribution < -0.4 is 15.5 Å². The van der Waals surface area contributed by atoms with E-state index in [9.17, 15) is 18.0 Å². The Labute approximate surface area is 187 Å². The Balaban J connectivity index is 0.00000160. The van der Waals surface area contributed by atoms with E-state index >= 15 is 0 Å². The minimum atomic E-state index is -4.36. The van der Waals surface area contributed by atoms with Crippen LogP contribution in [0.25, 0.3) is 0 Å². The second-order valence-electron chi connectivity index (χ2n) is 8.41. The molecule has 0 radical (unpaired) electrons. The maximum atomic E-state index is 12.7. The maximum Gasteiger partial charge on any atom is 0.417 e. The maximum absolute atomic E-state index is 12.7. The van der Waals surface area contributed by atoms with Gasteiger partial charge in [0.15, 0.2) is 0 Å². The van der Waals surface area contributed by atoms with Crippen LogP contribution in [0.1, 0.15) is 50.5 Å². The number of hydrogen-bond acceptors (Lipinski definition) is 4. The number of fused-ring (bicyclic) bond motifs is 2. The van der Waals surface area contributed by atoms with Gasteiger partial charge in [-0.15, -0.1) is 24.8 Å². The van der Waals surface area contributed by atoms with E-state index in [1.165, 1.54) is 18.9 Å². The van der Waals surface area contributed by atoms with Crippen LogP contribution in [0, 0.1) is 5.92 Å². The number of carbonyl (C=O) groups excluding carboxylic acids is 1. The van der Waals surface area contributed by atoms with Crippen LogP contribution in [0.15, 0.2) is 18.3 Å². The van der Waals surface area contributed by atoms with Gasteiger partial charge in [-0.3, -0.25) is 4.79 Å². The van der Waals surface area contributed by atoms with Crippen molar-refractivity contribution in [2.75, 3.05) is 18.0 Å². The van der Waals surface area contributed by atoms with E-state index in [2.05, 4.69) is 15.6 Å². The third-order valence-corrected chi connectivity index (χ3v) is 6.30. The van der Waals surface area contributed by atoms with Gasteiger partial charge >= 0.3 is 6.18 Å². The lowest BCUT2D eigenvalue weighted by molar-refractivity contribution is -0.137. The molecule has 1 aromatic rings. The molecule has 0 aromatic carbocycles. The van der Waals surface area contributed by atoms with Crippen molar-refractivity contribution >= 4 is 36.5 Å². The quantitative estimate of drug-likeness (QED) is 0.702. The predicted octanol–water partition coefficient (Wildman–Crippen LogP) is 3.95. The van der Waals surface area contributed by atoms with Gasteiger partial charge in [-0.05, 0) is 56.6 Å². The Bertz CT molecular complexity index is 684. The summed E-state index contributed by atoms with van der Waals surface area (Å²) in [4.78, 5) is 18.4. The van der Waals surface area contributed by atoms with Crippen molar-refractivity contribution in [2.45, 2.75) is 69.2 Å². The van der Waals surface area contributed by atoms with Crippen molar-refractivity contribution in [2.24, 2.45) is 5.92 Å². The van der Waals surface area contributed by atoms with E-state index in [1.807, 2.05) is 4.90 Å². The highest BCUT2D eigenvalue weighted by molar-refractivity contribution is 5.85. The molecule has 2 atom stereocenters. The summed E-state index contributed by atoms with van der Waals surface area (Å²) in [6.45, 7) is 1.36. The normalized spacial score (nSPS) is 26.5. The van der Waals surface area contributed by atoms with E-state index < -0.39 is 11.7 Å². The fraction of sp³-hybridized carbons (Fsp3) is 0.700. The number of piperidine rings is 2. The molecule has 3 aliphatic heterocycles. The lowest BCUT2D eigenvalue weighted by atomic mass is 9.89. The topological polar surface area (TPSA) is 57.3 Å². The van der Waals surface area contributed by atoms with Gasteiger partial charge in [-0.1, -0.05) is 0 Å². The number of hydrogen-bond donors (Lipinski definition) is 2. The summed E-state index contributed by atoms with van der Waals surface area (Å²) < 4.78 is 38.0. The smallest absolute Gasteiger partial charge is 0.356 e. The first-order valence-electron chi connectivity index (χ1n) is 10.2. The summed E-state index contributed by atoms with van der Waals surface area (Å²) in [7, 11) is 0. The Kier molecular flexibility index (Phi) is 8.65. The molecule has 170 valence electrons. The Morgan fingerprint density at radius 3 is 2.27 bits per heavy atom. The average molecular weight is 469 g/mol. The molecule has 3 saturated heterocycles. The van der Waals surface area contributed by atoms with Gasteiger partial charge in [0.2, 0.25) is 5.91 Å². The molecular formula is C20H29Cl2F3N4O. The van der Waals surface area contributed by atoms with E-state index in [4.69, 9.17) is 0 Å². The number of alkyl halides is 3. The highest BCUT2D eigenvalue weighted by Crippen LogP contribution is 2.33. The molecule has 1 amide bonds. The van der Waals surface area contributed by atoms with E-state index in [1.54, 1.807) is 0 Å². The standard InChI is InChI=1S/C20H27F3N4O.2ClH/c21-20(22,23)14-1-4-18(24-12-14)27-7-5-15(6-8-27)26-19(28)11-13-9-16-2-3-17(10-13)25-16;;/h1,4,12-13,15-17,25H,2-3,5-11H2,(H,26,28);2*1H. The van der Waals surface area contributed by atoms with E-state index in [0.29, 0.717) is 43.3 Å². The molecule has 0 spiro atoms. The van der Waals surface area contributed by atoms with Crippen molar-refractivity contribution in [3.8, 4) is 0 Å². The van der Waals surface area contributed by atoms with Crippen LogP contribution >= 0.6 is 24.8 Å². The number of carbonyl (C=O) groups is 1. The zero-order chi connectivity index (χ0) is 19.7. The molecule has 0 saturated carbocycles. The third-order valence-electron chi connectivity index (χ3n) is 6.30. The zero-order valence-corrected chi connectivity index (χ0v) is 18.3. The van der Waals surface area contributed by atoms with Crippen molar-refractivity contribution in [3.63, 3.8) is 0 Å². The molecule has 4 rings (SSSR count). The monoisotopic (exact) mass is 468 g/mol. The molecule has 2 bridgehead atoms. The van der Waals surface area contributed by atoms with Crippen molar-refractivity contribution in [1.82, 2.24) is 15.6 Å². The van der Waals surface area contributed by atoms with Crippen LogP contribution in [-0.2, 0) is 11.0 Å². The first kappa shape index (κ1) is 25.0. The Morgan fingerprint density at radius 2 is 1.73 bits per heavy atom. The highest BCUT2D eigenvalue weighted by atomic mass is 35.5. The van der Waals surface area contributed by atoms with Crippen LogP contribution in [0.3, 0.4) is 0 Å². The molecule has 0 aliphatic carbocycles. The van der Waals surface area contributed by atoms with Gasteiger partial charge in [0.1, 0.15) is 5.82 Å². The molecule has 2 N–H and O–H groups in total. The van der Waals surface area contributed by atoms with Gasteiger partial charge in [0.05, 0.1) is 5.56 Å². The van der Waals surface area contributed by atoms with Gasteiger partial charge in [0.25, 0.3) is 0 Å². The molecular weight excluding hydrogens is 440 g/mol. The average Bonchev–Trinajstić information content (AvgIpc) is 3.00. The summed E-state index contributed by atoms with van der Waals surface area (Å²) >= 11 is 0. The van der Waals surface area contributed by atoms with Crippen LogP contribution in [0.4, 0.5) is 19.0 Å². The lowest BCUT2D eigenvalue weighted by Gasteiger charge is -2.34. The summed E-state index contributed by atoms with van der Waals surface area (Å²) in [6, 6.07) is 3.82. The van der Waals surface area contributed by atoms with Crippen LogP contribution in [0.2, 0.25) is 0 Å². The van der Waals surface area contributed by atoms with Gasteiger partial charge in [-0.25, -0.2) is 4.98 Å². The molecule has 3 aliphatic rings. The van der Waals surface area contributed by atoms with Crippen LogP contribution in [0.5, 0.6) is 0 Å². The number of nitrogens with zero attached hydrogens (tertiary/aromatic N) is 2. The fourth-order valence-electron chi connectivity index (χ4n) is 4.88. The number of amides is 1. The summed E-state index contributed by atoms with van der Waals surface area (Å²) in [5.41, 5.74) is -0.732. The van der Waals surface area contributed by atoms with E-state index in [0.717, 1.165) is 37.9 Å². The number of nitrogens with one attached hydrogen (secondary N) is 2. The second-order valence-corrected chi connectivity index (χ2v) is 8.41. The first-order valence-corrected chi connectivity index (χ1v) is 10.2. The van der Waals surface area contributed by atoms with Crippen LogP contribution in [-0.4, -0.2) is 42.1 Å². The van der Waals surface area contributed by atoms with E-state index in [-0.39, 0.29) is 36.8 Å². The highest BCUT2D eigenvalue weighted by Gasteiger charge is 2.34. The van der Waals surface area contributed by atoms with Crippen molar-refractivity contribution in [3.05, 3.63) is 23.9 Å². The van der Waals surface area contributed by atoms with Crippen molar-refractivity contribution < 1.29 is 18.0 Å². The molecule has 5 nitrogen and oxygen atoms in total. The Hall–Kier alpha value is -1.25. The third kappa shape index (κ3) is 6.14. The minimum absolute atomic E-state index is 0. The van der Waals surface area contributed by atoms with Crippen molar-refractivity contribution in [1.29, 1.82) is 0 Å². The molecule has 10 heteroatoms. The molecule has 30 heavy (non-hydrogen) atoms. The van der Waals surface area contributed by atoms with Gasteiger partial charge < -0.3 is 15.5 Å². The molecule has 3 fully saturated rings.